The molecule has 1 aliphatic heterocycles. The third-order valence-corrected chi connectivity index (χ3v) is 6.07. The van der Waals surface area contributed by atoms with Gasteiger partial charge in [-0.1, -0.05) is 24.3 Å². The second-order valence-electron chi connectivity index (χ2n) is 6.82. The predicted octanol–water partition coefficient (Wildman–Crippen LogP) is 2.60. The highest BCUT2D eigenvalue weighted by Gasteiger charge is 2.15. The summed E-state index contributed by atoms with van der Waals surface area (Å²) in [6, 6.07) is 12.4. The zero-order valence-electron chi connectivity index (χ0n) is 15.6. The Morgan fingerprint density at radius 2 is 1.79 bits per heavy atom. The summed E-state index contributed by atoms with van der Waals surface area (Å²) in [7, 11) is -3.72. The van der Waals surface area contributed by atoms with Crippen LogP contribution >= 0.6 is 0 Å². The SMILES string of the molecule is NC(=NCc1cccc(S(=O)(=O)NCc2cccc(F)c2)c1)N1CCCCC1. The molecule has 28 heavy (non-hydrogen) atoms. The maximum Gasteiger partial charge on any atom is 0.240 e. The van der Waals surface area contributed by atoms with E-state index >= 15 is 0 Å². The Morgan fingerprint density at radius 3 is 2.54 bits per heavy atom. The van der Waals surface area contributed by atoms with Crippen molar-refractivity contribution in [1.29, 1.82) is 0 Å². The average molecular weight is 405 g/mol. The molecule has 1 heterocycles. The number of nitrogens with one attached hydrogen (secondary N) is 1. The summed E-state index contributed by atoms with van der Waals surface area (Å²) in [6.07, 6.45) is 3.44. The highest BCUT2D eigenvalue weighted by Crippen LogP contribution is 2.14. The molecule has 3 N–H and O–H groups in total. The number of nitrogens with zero attached hydrogens (tertiary/aromatic N) is 2. The molecule has 1 saturated heterocycles. The molecule has 0 amide bonds. The van der Waals surface area contributed by atoms with Crippen molar-refractivity contribution in [2.75, 3.05) is 13.1 Å². The fourth-order valence-corrected chi connectivity index (χ4v) is 4.20. The van der Waals surface area contributed by atoms with Gasteiger partial charge in [0.25, 0.3) is 0 Å². The van der Waals surface area contributed by atoms with E-state index in [9.17, 15) is 12.8 Å². The third kappa shape index (κ3) is 5.53. The van der Waals surface area contributed by atoms with Gasteiger partial charge in [0.05, 0.1) is 11.4 Å². The smallest absolute Gasteiger partial charge is 0.240 e. The van der Waals surface area contributed by atoms with Gasteiger partial charge in [-0.25, -0.2) is 22.5 Å². The van der Waals surface area contributed by atoms with Crippen molar-refractivity contribution in [2.45, 2.75) is 37.2 Å². The van der Waals surface area contributed by atoms with E-state index in [-0.39, 0.29) is 11.4 Å². The molecule has 0 spiro atoms. The van der Waals surface area contributed by atoms with Crippen LogP contribution in [0.2, 0.25) is 0 Å². The number of hydrogen-bond acceptors (Lipinski definition) is 3. The van der Waals surface area contributed by atoms with E-state index in [4.69, 9.17) is 5.73 Å². The Morgan fingerprint density at radius 1 is 1.07 bits per heavy atom. The number of halogens is 1. The van der Waals surface area contributed by atoms with Gasteiger partial charge in [-0.3, -0.25) is 0 Å². The van der Waals surface area contributed by atoms with Gasteiger partial charge < -0.3 is 10.6 Å². The fourth-order valence-electron chi connectivity index (χ4n) is 3.11. The normalized spacial score (nSPS) is 15.6. The van der Waals surface area contributed by atoms with E-state index in [1.54, 1.807) is 24.3 Å². The van der Waals surface area contributed by atoms with Crippen molar-refractivity contribution in [2.24, 2.45) is 10.7 Å². The Kier molecular flexibility index (Phi) is 6.64. The molecule has 150 valence electrons. The van der Waals surface area contributed by atoms with Gasteiger partial charge in [0.1, 0.15) is 5.82 Å². The number of piperidine rings is 1. The summed E-state index contributed by atoms with van der Waals surface area (Å²) in [5.41, 5.74) is 7.37. The van der Waals surface area contributed by atoms with E-state index in [1.165, 1.54) is 24.6 Å². The largest absolute Gasteiger partial charge is 0.370 e. The lowest BCUT2D eigenvalue weighted by atomic mass is 10.1. The van der Waals surface area contributed by atoms with Gasteiger partial charge in [-0.2, -0.15) is 0 Å². The Balaban J connectivity index is 1.65. The Hall–Kier alpha value is -2.45. The lowest BCUT2D eigenvalue weighted by Crippen LogP contribution is -2.40. The first kappa shape index (κ1) is 20.3. The molecule has 0 unspecified atom stereocenters. The number of rotatable bonds is 6. The summed E-state index contributed by atoms with van der Waals surface area (Å²) in [6.45, 7) is 2.15. The first-order valence-corrected chi connectivity index (χ1v) is 10.8. The third-order valence-electron chi connectivity index (χ3n) is 4.67. The van der Waals surface area contributed by atoms with E-state index < -0.39 is 15.8 Å². The van der Waals surface area contributed by atoms with Crippen LogP contribution < -0.4 is 10.5 Å². The van der Waals surface area contributed by atoms with Crippen LogP contribution in [0.15, 0.2) is 58.4 Å². The summed E-state index contributed by atoms with van der Waals surface area (Å²) in [5.74, 6) is 0.0973. The first-order chi connectivity index (χ1) is 13.4. The van der Waals surface area contributed by atoms with Crippen LogP contribution in [0.5, 0.6) is 0 Å². The van der Waals surface area contributed by atoms with Crippen molar-refractivity contribution in [3.05, 3.63) is 65.5 Å². The second-order valence-corrected chi connectivity index (χ2v) is 8.59. The molecule has 2 aromatic rings. The molecule has 8 heteroatoms. The summed E-state index contributed by atoms with van der Waals surface area (Å²) >= 11 is 0. The molecular formula is C20H25FN4O2S. The predicted molar refractivity (Wildman–Crippen MR) is 108 cm³/mol. The van der Waals surface area contributed by atoms with Crippen LogP contribution in [0, 0.1) is 5.82 Å². The minimum atomic E-state index is -3.72. The molecule has 0 bridgehead atoms. The van der Waals surface area contributed by atoms with Crippen LogP contribution in [-0.4, -0.2) is 32.4 Å². The molecule has 3 rings (SSSR count). The van der Waals surface area contributed by atoms with Crippen LogP contribution in [0.25, 0.3) is 0 Å². The Bertz CT molecular complexity index is 941. The van der Waals surface area contributed by atoms with Gasteiger partial charge in [0.2, 0.25) is 10.0 Å². The monoisotopic (exact) mass is 404 g/mol. The molecule has 6 nitrogen and oxygen atoms in total. The lowest BCUT2D eigenvalue weighted by molar-refractivity contribution is 0.338. The topological polar surface area (TPSA) is 87.8 Å². The van der Waals surface area contributed by atoms with Crippen molar-refractivity contribution in [3.63, 3.8) is 0 Å². The fraction of sp³-hybridized carbons (Fsp3) is 0.350. The minimum Gasteiger partial charge on any atom is -0.370 e. The average Bonchev–Trinajstić information content (AvgIpc) is 2.71. The van der Waals surface area contributed by atoms with E-state index in [1.807, 2.05) is 6.07 Å². The highest BCUT2D eigenvalue weighted by molar-refractivity contribution is 7.89. The number of sulfonamides is 1. The maximum atomic E-state index is 13.2. The molecule has 1 fully saturated rings. The van der Waals surface area contributed by atoms with Crippen molar-refractivity contribution < 1.29 is 12.8 Å². The second kappa shape index (κ2) is 9.16. The number of nitrogens with two attached hydrogens (primary N) is 1. The van der Waals surface area contributed by atoms with Gasteiger partial charge in [0, 0.05) is 19.6 Å². The Labute approximate surface area is 165 Å². The molecule has 0 saturated carbocycles. The van der Waals surface area contributed by atoms with Gasteiger partial charge in [-0.05, 0) is 54.7 Å². The van der Waals surface area contributed by atoms with Crippen molar-refractivity contribution in [1.82, 2.24) is 9.62 Å². The molecule has 1 aliphatic rings. The lowest BCUT2D eigenvalue weighted by Gasteiger charge is -2.27. The number of benzene rings is 2. The van der Waals surface area contributed by atoms with E-state index in [0.29, 0.717) is 18.1 Å². The summed E-state index contributed by atoms with van der Waals surface area (Å²) in [5, 5.41) is 0. The molecule has 0 atom stereocenters. The van der Waals surface area contributed by atoms with Crippen molar-refractivity contribution >= 4 is 16.0 Å². The van der Waals surface area contributed by atoms with E-state index in [2.05, 4.69) is 14.6 Å². The molecular weight excluding hydrogens is 379 g/mol. The van der Waals surface area contributed by atoms with Gasteiger partial charge >= 0.3 is 0 Å². The van der Waals surface area contributed by atoms with Gasteiger partial charge in [0.15, 0.2) is 5.96 Å². The van der Waals surface area contributed by atoms with Crippen LogP contribution in [0.4, 0.5) is 4.39 Å². The molecule has 0 aromatic heterocycles. The van der Waals surface area contributed by atoms with Gasteiger partial charge in [-0.15, -0.1) is 0 Å². The summed E-state index contributed by atoms with van der Waals surface area (Å²) < 4.78 is 40.9. The van der Waals surface area contributed by atoms with E-state index in [0.717, 1.165) is 31.5 Å². The van der Waals surface area contributed by atoms with Crippen LogP contribution in [0.1, 0.15) is 30.4 Å². The number of hydrogen-bond donors (Lipinski definition) is 2. The molecule has 0 aliphatic carbocycles. The number of aliphatic imine (C=N–C) groups is 1. The van der Waals surface area contributed by atoms with Crippen LogP contribution in [-0.2, 0) is 23.1 Å². The molecule has 0 radical (unpaired) electrons. The molecule has 2 aromatic carbocycles. The first-order valence-electron chi connectivity index (χ1n) is 9.32. The zero-order valence-corrected chi connectivity index (χ0v) is 16.5. The minimum absolute atomic E-state index is 0.0182. The summed E-state index contributed by atoms with van der Waals surface area (Å²) in [4.78, 5) is 6.61. The number of likely N-dealkylation sites (tertiary alicyclic amines) is 1. The van der Waals surface area contributed by atoms with Crippen molar-refractivity contribution in [3.8, 4) is 0 Å². The van der Waals surface area contributed by atoms with Crippen LogP contribution in [0.3, 0.4) is 0 Å². The quantitative estimate of drug-likeness (QED) is 0.572. The number of guanidine groups is 1. The standard InChI is InChI=1S/C20H25FN4O2S/c21-18-8-4-6-16(12-18)15-24-28(26,27)19-9-5-7-17(13-19)14-23-20(22)25-10-2-1-3-11-25/h4-9,12-13,24H,1-3,10-11,14-15H2,(H2,22,23). The maximum absolute atomic E-state index is 13.2. The zero-order chi connectivity index (χ0) is 20.0. The highest BCUT2D eigenvalue weighted by atomic mass is 32.2.